The third kappa shape index (κ3) is 6.68. The molecular weight excluding hydrogens is 489 g/mol. The van der Waals surface area contributed by atoms with Gasteiger partial charge in [0.05, 0.1) is 32.1 Å². The standard InChI is InChI=1S/C28H36FN5O4/c1-3-12-30-28(36)33(14-13-32-15-17-38-18-16-32)20-27(35)34-25(22-9-5-7-11-26(22)37-2)19-24(31-34)21-8-4-6-10-23(21)29/h4-11,25H,3,12-20H2,1-2H3,(H,30,36)/t25-/m1/s1. The Morgan fingerprint density at radius 1 is 1.16 bits per heavy atom. The second kappa shape index (κ2) is 13.3. The lowest BCUT2D eigenvalue weighted by molar-refractivity contribution is -0.133. The molecule has 38 heavy (non-hydrogen) atoms. The molecule has 2 aromatic rings. The molecule has 0 unspecified atom stereocenters. The number of amides is 3. The van der Waals surface area contributed by atoms with Gasteiger partial charge in [-0.2, -0.15) is 5.10 Å². The summed E-state index contributed by atoms with van der Waals surface area (Å²) in [5, 5.41) is 8.87. The number of rotatable bonds is 10. The van der Waals surface area contributed by atoms with Crippen molar-refractivity contribution >= 4 is 17.6 Å². The molecule has 2 heterocycles. The second-order valence-corrected chi connectivity index (χ2v) is 9.33. The highest BCUT2D eigenvalue weighted by Crippen LogP contribution is 2.37. The summed E-state index contributed by atoms with van der Waals surface area (Å²) >= 11 is 0. The highest BCUT2D eigenvalue weighted by molar-refractivity contribution is 6.03. The SMILES string of the molecule is CCCNC(=O)N(CCN1CCOCC1)CC(=O)N1N=C(c2ccccc2F)C[C@@H]1c1ccccc1OC. The van der Waals surface area contributed by atoms with Gasteiger partial charge in [-0.05, 0) is 18.6 Å². The quantitative estimate of drug-likeness (QED) is 0.515. The van der Waals surface area contributed by atoms with Crippen LogP contribution >= 0.6 is 0 Å². The van der Waals surface area contributed by atoms with Crippen LogP contribution in [-0.2, 0) is 9.53 Å². The van der Waals surface area contributed by atoms with E-state index in [1.165, 1.54) is 16.0 Å². The van der Waals surface area contributed by atoms with Crippen LogP contribution in [0.15, 0.2) is 53.6 Å². The van der Waals surface area contributed by atoms with E-state index in [1.54, 1.807) is 25.3 Å². The molecule has 1 fully saturated rings. The Kier molecular flexibility index (Phi) is 9.67. The third-order valence-electron chi connectivity index (χ3n) is 6.78. The van der Waals surface area contributed by atoms with E-state index in [-0.39, 0.29) is 18.5 Å². The summed E-state index contributed by atoms with van der Waals surface area (Å²) in [5.41, 5.74) is 1.60. The Hall–Kier alpha value is -3.50. The third-order valence-corrected chi connectivity index (χ3v) is 6.78. The van der Waals surface area contributed by atoms with Crippen molar-refractivity contribution in [3.8, 4) is 5.75 Å². The summed E-state index contributed by atoms with van der Waals surface area (Å²) < 4.78 is 25.7. The van der Waals surface area contributed by atoms with Crippen molar-refractivity contribution in [3.05, 3.63) is 65.5 Å². The van der Waals surface area contributed by atoms with E-state index >= 15 is 0 Å². The predicted molar refractivity (Wildman–Crippen MR) is 143 cm³/mol. The summed E-state index contributed by atoms with van der Waals surface area (Å²) in [7, 11) is 1.57. The van der Waals surface area contributed by atoms with Crippen molar-refractivity contribution < 1.29 is 23.5 Å². The Morgan fingerprint density at radius 2 is 1.89 bits per heavy atom. The van der Waals surface area contributed by atoms with E-state index in [0.29, 0.717) is 56.3 Å². The Bertz CT molecular complexity index is 1140. The average Bonchev–Trinajstić information content (AvgIpc) is 3.40. The number of hydrogen-bond acceptors (Lipinski definition) is 6. The number of halogens is 1. The van der Waals surface area contributed by atoms with Gasteiger partial charge in [0.1, 0.15) is 18.1 Å². The molecule has 9 nitrogen and oxygen atoms in total. The number of morpholine rings is 1. The summed E-state index contributed by atoms with van der Waals surface area (Å²) in [6.07, 6.45) is 1.11. The monoisotopic (exact) mass is 525 g/mol. The molecule has 1 atom stereocenters. The summed E-state index contributed by atoms with van der Waals surface area (Å²) in [4.78, 5) is 30.5. The lowest BCUT2D eigenvalue weighted by Gasteiger charge is -2.31. The number of benzene rings is 2. The molecule has 3 amide bonds. The molecule has 0 aromatic heterocycles. The van der Waals surface area contributed by atoms with Crippen LogP contribution in [0, 0.1) is 5.82 Å². The lowest BCUT2D eigenvalue weighted by atomic mass is 9.97. The fourth-order valence-corrected chi connectivity index (χ4v) is 4.70. The Labute approximate surface area is 223 Å². The van der Waals surface area contributed by atoms with Crippen LogP contribution in [0.4, 0.5) is 9.18 Å². The second-order valence-electron chi connectivity index (χ2n) is 9.33. The molecule has 1 N–H and O–H groups in total. The number of hydrogen-bond donors (Lipinski definition) is 1. The van der Waals surface area contributed by atoms with Crippen LogP contribution in [0.1, 0.15) is 36.9 Å². The number of ether oxygens (including phenoxy) is 2. The van der Waals surface area contributed by atoms with E-state index in [9.17, 15) is 14.0 Å². The number of para-hydroxylation sites is 1. The minimum Gasteiger partial charge on any atom is -0.496 e. The van der Waals surface area contributed by atoms with Crippen LogP contribution in [0.3, 0.4) is 0 Å². The number of carbonyl (C=O) groups is 2. The first-order valence-electron chi connectivity index (χ1n) is 13.1. The van der Waals surface area contributed by atoms with Gasteiger partial charge in [0, 0.05) is 50.3 Å². The molecule has 10 heteroatoms. The zero-order valence-electron chi connectivity index (χ0n) is 22.1. The summed E-state index contributed by atoms with van der Waals surface area (Å²) in [6.45, 7) is 6.25. The maximum Gasteiger partial charge on any atom is 0.317 e. The van der Waals surface area contributed by atoms with Gasteiger partial charge < -0.3 is 19.7 Å². The minimum atomic E-state index is -0.493. The van der Waals surface area contributed by atoms with Crippen molar-refractivity contribution in [1.29, 1.82) is 0 Å². The fraction of sp³-hybridized carbons (Fsp3) is 0.464. The summed E-state index contributed by atoms with van der Waals surface area (Å²) in [5.74, 6) is -0.128. The Morgan fingerprint density at radius 3 is 2.63 bits per heavy atom. The van der Waals surface area contributed by atoms with Gasteiger partial charge in [-0.3, -0.25) is 9.69 Å². The molecule has 2 aliphatic heterocycles. The number of nitrogens with zero attached hydrogens (tertiary/aromatic N) is 4. The smallest absolute Gasteiger partial charge is 0.317 e. The normalized spacial score (nSPS) is 17.7. The number of urea groups is 1. The molecule has 2 aromatic carbocycles. The van der Waals surface area contributed by atoms with Crippen molar-refractivity contribution in [3.63, 3.8) is 0 Å². The molecule has 4 rings (SSSR count). The van der Waals surface area contributed by atoms with Crippen LogP contribution in [0.5, 0.6) is 5.75 Å². The van der Waals surface area contributed by atoms with Gasteiger partial charge in [-0.15, -0.1) is 0 Å². The van der Waals surface area contributed by atoms with Crippen LogP contribution in [-0.4, -0.2) is 92.1 Å². The maximum atomic E-state index is 14.7. The zero-order chi connectivity index (χ0) is 26.9. The molecule has 2 aliphatic rings. The van der Waals surface area contributed by atoms with Crippen LogP contribution in [0.2, 0.25) is 0 Å². The molecule has 0 radical (unpaired) electrons. The van der Waals surface area contributed by atoms with Gasteiger partial charge in [-0.25, -0.2) is 14.2 Å². The van der Waals surface area contributed by atoms with Crippen LogP contribution in [0.25, 0.3) is 0 Å². The number of nitrogens with one attached hydrogen (secondary N) is 1. The van der Waals surface area contributed by atoms with Gasteiger partial charge in [0.25, 0.3) is 5.91 Å². The summed E-state index contributed by atoms with van der Waals surface area (Å²) in [6, 6.07) is 13.1. The van der Waals surface area contributed by atoms with E-state index in [1.807, 2.05) is 31.2 Å². The Balaban J connectivity index is 1.59. The number of methoxy groups -OCH3 is 1. The van der Waals surface area contributed by atoms with E-state index in [2.05, 4.69) is 15.3 Å². The molecule has 1 saturated heterocycles. The molecule has 0 bridgehead atoms. The van der Waals surface area contributed by atoms with Crippen molar-refractivity contribution in [2.24, 2.45) is 5.10 Å². The molecule has 204 valence electrons. The lowest BCUT2D eigenvalue weighted by Crippen LogP contribution is -2.49. The predicted octanol–water partition coefficient (Wildman–Crippen LogP) is 3.27. The topological polar surface area (TPSA) is 86.7 Å². The van der Waals surface area contributed by atoms with Gasteiger partial charge >= 0.3 is 6.03 Å². The number of hydrazone groups is 1. The number of carbonyl (C=O) groups excluding carboxylic acids is 2. The molecule has 0 saturated carbocycles. The highest BCUT2D eigenvalue weighted by Gasteiger charge is 2.36. The largest absolute Gasteiger partial charge is 0.496 e. The zero-order valence-corrected chi connectivity index (χ0v) is 22.1. The van der Waals surface area contributed by atoms with E-state index in [0.717, 1.165) is 25.1 Å². The highest BCUT2D eigenvalue weighted by atomic mass is 19.1. The molecular formula is C28H36FN5O4. The van der Waals surface area contributed by atoms with Gasteiger partial charge in [0.15, 0.2) is 0 Å². The van der Waals surface area contributed by atoms with Crippen LogP contribution < -0.4 is 10.1 Å². The average molecular weight is 526 g/mol. The fourth-order valence-electron chi connectivity index (χ4n) is 4.70. The van der Waals surface area contributed by atoms with E-state index in [4.69, 9.17) is 9.47 Å². The van der Waals surface area contributed by atoms with Gasteiger partial charge in [0.2, 0.25) is 0 Å². The molecule has 0 spiro atoms. The maximum absolute atomic E-state index is 14.7. The van der Waals surface area contributed by atoms with Gasteiger partial charge in [-0.1, -0.05) is 43.3 Å². The van der Waals surface area contributed by atoms with E-state index < -0.39 is 11.9 Å². The first kappa shape index (κ1) is 27.5. The first-order chi connectivity index (χ1) is 18.5. The minimum absolute atomic E-state index is 0.153. The van der Waals surface area contributed by atoms with Crippen molar-refractivity contribution in [2.75, 3.05) is 59.6 Å². The molecule has 0 aliphatic carbocycles. The first-order valence-corrected chi connectivity index (χ1v) is 13.1. The van der Waals surface area contributed by atoms with Crippen molar-refractivity contribution in [2.45, 2.75) is 25.8 Å². The van der Waals surface area contributed by atoms with Crippen molar-refractivity contribution in [1.82, 2.24) is 20.1 Å².